The Balaban J connectivity index is 1.77. The number of nitrogens with two attached hydrogens (primary N) is 1. The third-order valence-electron chi connectivity index (χ3n) is 4.18. The van der Waals surface area contributed by atoms with Gasteiger partial charge in [-0.2, -0.15) is 4.31 Å². The van der Waals surface area contributed by atoms with Gasteiger partial charge in [0.25, 0.3) is 0 Å². The minimum Gasteiger partial charge on any atom is -0.492 e. The van der Waals surface area contributed by atoms with Gasteiger partial charge >= 0.3 is 0 Å². The van der Waals surface area contributed by atoms with E-state index in [1.165, 1.54) is 6.42 Å². The lowest BCUT2D eigenvalue weighted by Crippen LogP contribution is -2.37. The first-order chi connectivity index (χ1) is 9.61. The smallest absolute Gasteiger partial charge is 0.243 e. The first-order valence-corrected chi connectivity index (χ1v) is 8.50. The molecule has 0 amide bonds. The molecule has 3 rings (SSSR count). The highest BCUT2D eigenvalue weighted by atomic mass is 32.2. The minimum absolute atomic E-state index is 0.207. The predicted molar refractivity (Wildman–Crippen MR) is 76.0 cm³/mol. The summed E-state index contributed by atoms with van der Waals surface area (Å²) in [5.74, 6) is 1.21. The number of fused-ring (bicyclic) bond motifs is 2. The van der Waals surface area contributed by atoms with Crippen molar-refractivity contribution in [1.82, 2.24) is 4.31 Å². The SMILES string of the molecule is NCCOc1ccc(S(=O)(=O)N2CC3CCC2C3)cc1. The van der Waals surface area contributed by atoms with Crippen LogP contribution in [0.4, 0.5) is 0 Å². The number of ether oxygens (including phenoxy) is 1. The number of nitrogens with zero attached hydrogens (tertiary/aromatic N) is 1. The highest BCUT2D eigenvalue weighted by Gasteiger charge is 2.44. The summed E-state index contributed by atoms with van der Waals surface area (Å²) in [6, 6.07) is 6.83. The zero-order valence-electron chi connectivity index (χ0n) is 11.4. The lowest BCUT2D eigenvalue weighted by Gasteiger charge is -2.26. The van der Waals surface area contributed by atoms with Crippen LogP contribution in [0.1, 0.15) is 19.3 Å². The lowest BCUT2D eigenvalue weighted by atomic mass is 10.1. The summed E-state index contributed by atoms with van der Waals surface area (Å²) in [4.78, 5) is 0.352. The van der Waals surface area contributed by atoms with Gasteiger partial charge in [-0.25, -0.2) is 8.42 Å². The normalized spacial score (nSPS) is 26.1. The Labute approximate surface area is 119 Å². The van der Waals surface area contributed by atoms with E-state index in [4.69, 9.17) is 10.5 Å². The van der Waals surface area contributed by atoms with Crippen LogP contribution in [0.3, 0.4) is 0 Å². The van der Waals surface area contributed by atoms with Gasteiger partial charge in [-0.3, -0.25) is 0 Å². The van der Waals surface area contributed by atoms with Crippen LogP contribution in [-0.4, -0.2) is 38.5 Å². The summed E-state index contributed by atoms with van der Waals surface area (Å²) in [7, 11) is -3.35. The predicted octanol–water partition coefficient (Wildman–Crippen LogP) is 1.20. The Morgan fingerprint density at radius 3 is 2.55 bits per heavy atom. The summed E-state index contributed by atoms with van der Waals surface area (Å²) in [6.45, 7) is 1.55. The van der Waals surface area contributed by atoms with Crippen molar-refractivity contribution in [3.05, 3.63) is 24.3 Å². The van der Waals surface area contributed by atoms with Crippen molar-refractivity contribution >= 4 is 10.0 Å². The molecule has 1 aliphatic carbocycles. The molecule has 1 aliphatic heterocycles. The van der Waals surface area contributed by atoms with Gasteiger partial charge in [-0.05, 0) is 49.4 Å². The molecular weight excluding hydrogens is 276 g/mol. The Morgan fingerprint density at radius 2 is 2.00 bits per heavy atom. The van der Waals surface area contributed by atoms with Crippen LogP contribution in [0.25, 0.3) is 0 Å². The number of hydrogen-bond acceptors (Lipinski definition) is 4. The minimum atomic E-state index is -3.35. The first kappa shape index (κ1) is 13.9. The van der Waals surface area contributed by atoms with Crippen molar-refractivity contribution in [2.45, 2.75) is 30.2 Å². The molecule has 20 heavy (non-hydrogen) atoms. The van der Waals surface area contributed by atoms with E-state index < -0.39 is 10.0 Å². The van der Waals surface area contributed by atoms with Crippen LogP contribution in [0.2, 0.25) is 0 Å². The zero-order valence-corrected chi connectivity index (χ0v) is 12.2. The van der Waals surface area contributed by atoms with E-state index in [1.807, 2.05) is 0 Å². The molecule has 2 atom stereocenters. The summed E-state index contributed by atoms with van der Waals surface area (Å²) in [6.07, 6.45) is 3.20. The molecule has 110 valence electrons. The van der Waals surface area contributed by atoms with Crippen LogP contribution < -0.4 is 10.5 Å². The molecule has 0 aromatic heterocycles. The van der Waals surface area contributed by atoms with Gasteiger partial charge in [-0.1, -0.05) is 0 Å². The van der Waals surface area contributed by atoms with Crippen LogP contribution in [0, 0.1) is 5.92 Å². The Morgan fingerprint density at radius 1 is 1.25 bits per heavy atom. The van der Waals surface area contributed by atoms with E-state index >= 15 is 0 Å². The third-order valence-corrected chi connectivity index (χ3v) is 6.11. The molecule has 1 saturated heterocycles. The summed E-state index contributed by atoms with van der Waals surface area (Å²) >= 11 is 0. The van der Waals surface area contributed by atoms with Crippen LogP contribution in [-0.2, 0) is 10.0 Å². The number of rotatable bonds is 5. The summed E-state index contributed by atoms with van der Waals surface area (Å²) in [5, 5.41) is 0. The second-order valence-corrected chi connectivity index (χ2v) is 7.41. The molecule has 1 aromatic carbocycles. The number of benzene rings is 1. The average Bonchev–Trinajstić information content (AvgIpc) is 3.08. The highest BCUT2D eigenvalue weighted by molar-refractivity contribution is 7.89. The molecule has 2 aliphatic rings. The molecule has 0 spiro atoms. The Kier molecular flexibility index (Phi) is 3.70. The maximum Gasteiger partial charge on any atom is 0.243 e. The maximum absolute atomic E-state index is 12.6. The molecule has 2 bridgehead atoms. The van der Waals surface area contributed by atoms with Crippen molar-refractivity contribution in [2.75, 3.05) is 19.7 Å². The van der Waals surface area contributed by atoms with Gasteiger partial charge in [-0.15, -0.1) is 0 Å². The fourth-order valence-corrected chi connectivity index (χ4v) is 4.94. The van der Waals surface area contributed by atoms with E-state index in [1.54, 1.807) is 28.6 Å². The first-order valence-electron chi connectivity index (χ1n) is 7.06. The van der Waals surface area contributed by atoms with Gasteiger partial charge in [0.2, 0.25) is 10.0 Å². The molecule has 1 saturated carbocycles. The summed E-state index contributed by atoms with van der Waals surface area (Å²) in [5.41, 5.74) is 5.37. The van der Waals surface area contributed by atoms with Crippen LogP contribution in [0.5, 0.6) is 5.75 Å². The van der Waals surface area contributed by atoms with E-state index in [0.29, 0.717) is 36.3 Å². The van der Waals surface area contributed by atoms with Crippen LogP contribution in [0.15, 0.2) is 29.2 Å². The topological polar surface area (TPSA) is 72.6 Å². The zero-order chi connectivity index (χ0) is 14.2. The van der Waals surface area contributed by atoms with Gasteiger partial charge in [0.1, 0.15) is 12.4 Å². The largest absolute Gasteiger partial charge is 0.492 e. The van der Waals surface area contributed by atoms with Gasteiger partial charge in [0, 0.05) is 19.1 Å². The number of piperidine rings is 1. The molecular formula is C14H20N2O3S. The Hall–Kier alpha value is -1.11. The molecule has 2 N–H and O–H groups in total. The standard InChI is InChI=1S/C14H20N2O3S/c15-7-8-19-13-3-5-14(6-4-13)20(17,18)16-10-11-1-2-12(16)9-11/h3-6,11-12H,1-2,7-10,15H2. The molecule has 2 unspecified atom stereocenters. The molecule has 1 heterocycles. The fourth-order valence-electron chi connectivity index (χ4n) is 3.19. The molecule has 2 fully saturated rings. The monoisotopic (exact) mass is 296 g/mol. The molecule has 6 heteroatoms. The van der Waals surface area contributed by atoms with Crippen molar-refractivity contribution in [3.63, 3.8) is 0 Å². The van der Waals surface area contributed by atoms with Gasteiger partial charge in [0.15, 0.2) is 0 Å². The second-order valence-electron chi connectivity index (χ2n) is 5.52. The second kappa shape index (κ2) is 5.35. The van der Waals surface area contributed by atoms with Crippen molar-refractivity contribution in [2.24, 2.45) is 11.7 Å². The summed E-state index contributed by atoms with van der Waals surface area (Å²) < 4.78 is 32.3. The Bertz CT molecular complexity index is 571. The third kappa shape index (κ3) is 2.43. The lowest BCUT2D eigenvalue weighted by molar-refractivity contribution is 0.327. The molecule has 0 radical (unpaired) electrons. The fraction of sp³-hybridized carbons (Fsp3) is 0.571. The van der Waals surface area contributed by atoms with Crippen LogP contribution >= 0.6 is 0 Å². The van der Waals surface area contributed by atoms with E-state index in [0.717, 1.165) is 12.8 Å². The van der Waals surface area contributed by atoms with Crippen molar-refractivity contribution in [3.8, 4) is 5.75 Å². The maximum atomic E-state index is 12.6. The van der Waals surface area contributed by atoms with E-state index in [9.17, 15) is 8.42 Å². The van der Waals surface area contributed by atoms with Gasteiger partial charge < -0.3 is 10.5 Å². The highest BCUT2D eigenvalue weighted by Crippen LogP contribution is 2.40. The van der Waals surface area contributed by atoms with E-state index in [2.05, 4.69) is 0 Å². The van der Waals surface area contributed by atoms with Crippen molar-refractivity contribution in [1.29, 1.82) is 0 Å². The molecule has 5 nitrogen and oxygen atoms in total. The average molecular weight is 296 g/mol. The molecule has 1 aromatic rings. The van der Waals surface area contributed by atoms with E-state index in [-0.39, 0.29) is 6.04 Å². The van der Waals surface area contributed by atoms with Gasteiger partial charge in [0.05, 0.1) is 4.90 Å². The number of sulfonamides is 1. The van der Waals surface area contributed by atoms with Crippen molar-refractivity contribution < 1.29 is 13.2 Å². The quantitative estimate of drug-likeness (QED) is 0.886. The number of hydrogen-bond donors (Lipinski definition) is 1.